The molecule has 2 heterocycles. The average molecular weight is 464 g/mol. The molecule has 0 amide bonds. The van der Waals surface area contributed by atoms with E-state index in [9.17, 15) is 9.59 Å². The first-order valence-corrected chi connectivity index (χ1v) is 11.0. The van der Waals surface area contributed by atoms with Gasteiger partial charge in [0.25, 0.3) is 0 Å². The second-order valence-corrected chi connectivity index (χ2v) is 8.14. The van der Waals surface area contributed by atoms with Gasteiger partial charge in [-0.2, -0.15) is 0 Å². The number of carbonyl (C=O) groups excluding carboxylic acids is 2. The molecule has 0 aliphatic carbocycles. The Kier molecular flexibility index (Phi) is 5.98. The van der Waals surface area contributed by atoms with Gasteiger partial charge in [0, 0.05) is 19.2 Å². The van der Waals surface area contributed by atoms with Crippen LogP contribution in [0.1, 0.15) is 20.3 Å². The van der Waals surface area contributed by atoms with Gasteiger partial charge < -0.3 is 28.4 Å². The number of hydrogen-bond donors (Lipinski definition) is 0. The van der Waals surface area contributed by atoms with Gasteiger partial charge in [-0.1, -0.05) is 36.4 Å². The van der Waals surface area contributed by atoms with E-state index in [1.54, 1.807) is 0 Å². The third-order valence-electron chi connectivity index (χ3n) is 5.75. The summed E-state index contributed by atoms with van der Waals surface area (Å²) in [7, 11) is 0. The van der Waals surface area contributed by atoms with Gasteiger partial charge in [-0.05, 0) is 34.7 Å². The molecule has 34 heavy (non-hydrogen) atoms. The topological polar surface area (TPSA) is 89.5 Å². The standard InChI is InChI=1S/C26H24O8/c1-15(27)32-24-12-26(29-13-25(24)33-16(2)28)34-21-10-8-18(19-5-3-4-6-20(19)21)17-7-9-22-23(11-17)31-14-30-22/h3-11,24-26H,12-14H2,1-2H3/t24-,25+,26?/m1/s1. The van der Waals surface area contributed by atoms with Crippen molar-refractivity contribution in [2.24, 2.45) is 0 Å². The summed E-state index contributed by atoms with van der Waals surface area (Å²) in [6.07, 6.45) is -1.77. The Balaban J connectivity index is 1.41. The molecule has 3 aromatic rings. The Morgan fingerprint density at radius 2 is 1.59 bits per heavy atom. The minimum atomic E-state index is -0.675. The molecule has 8 heteroatoms. The molecule has 0 spiro atoms. The van der Waals surface area contributed by atoms with Gasteiger partial charge in [-0.25, -0.2) is 0 Å². The van der Waals surface area contributed by atoms with E-state index in [1.807, 2.05) is 54.6 Å². The number of hydrogen-bond acceptors (Lipinski definition) is 8. The van der Waals surface area contributed by atoms with Crippen molar-refractivity contribution in [1.82, 2.24) is 0 Å². The van der Waals surface area contributed by atoms with Crippen LogP contribution in [0.4, 0.5) is 0 Å². The van der Waals surface area contributed by atoms with Crippen LogP contribution in [-0.2, 0) is 23.8 Å². The lowest BCUT2D eigenvalue weighted by molar-refractivity contribution is -0.210. The molecule has 1 saturated heterocycles. The summed E-state index contributed by atoms with van der Waals surface area (Å²) in [5.41, 5.74) is 2.03. The van der Waals surface area contributed by atoms with Gasteiger partial charge in [0.15, 0.2) is 17.6 Å². The largest absolute Gasteiger partial charge is 0.464 e. The van der Waals surface area contributed by atoms with Gasteiger partial charge >= 0.3 is 11.9 Å². The monoisotopic (exact) mass is 464 g/mol. The number of ether oxygens (including phenoxy) is 6. The lowest BCUT2D eigenvalue weighted by atomic mass is 9.97. The SMILES string of the molecule is CC(=O)O[C@H]1COC(Oc2ccc(-c3ccc4c(c3)OCO4)c3ccccc23)C[C@H]1OC(C)=O. The van der Waals surface area contributed by atoms with Crippen molar-refractivity contribution < 1.29 is 38.0 Å². The van der Waals surface area contributed by atoms with Crippen LogP contribution < -0.4 is 14.2 Å². The molecule has 8 nitrogen and oxygen atoms in total. The minimum absolute atomic E-state index is 0.0649. The zero-order valence-electron chi connectivity index (χ0n) is 18.8. The molecule has 1 unspecified atom stereocenters. The molecule has 0 bridgehead atoms. The van der Waals surface area contributed by atoms with Gasteiger partial charge in [0.05, 0.1) is 13.0 Å². The van der Waals surface area contributed by atoms with E-state index in [2.05, 4.69) is 0 Å². The normalized spacial score (nSPS) is 21.2. The fraction of sp³-hybridized carbons (Fsp3) is 0.308. The van der Waals surface area contributed by atoms with Crippen molar-refractivity contribution in [2.75, 3.05) is 13.4 Å². The molecule has 0 N–H and O–H groups in total. The highest BCUT2D eigenvalue weighted by Crippen LogP contribution is 2.40. The first-order chi connectivity index (χ1) is 16.5. The molecule has 0 aromatic heterocycles. The fourth-order valence-electron chi connectivity index (χ4n) is 4.29. The van der Waals surface area contributed by atoms with Crippen LogP contribution in [0.3, 0.4) is 0 Å². The summed E-state index contributed by atoms with van der Waals surface area (Å²) >= 11 is 0. The Hall–Kier alpha value is -3.78. The zero-order chi connectivity index (χ0) is 23.7. The fourth-order valence-corrected chi connectivity index (χ4v) is 4.29. The Morgan fingerprint density at radius 1 is 0.853 bits per heavy atom. The molecule has 3 aromatic carbocycles. The van der Waals surface area contributed by atoms with Crippen molar-refractivity contribution in [3.63, 3.8) is 0 Å². The maximum absolute atomic E-state index is 11.6. The molecule has 0 radical (unpaired) electrons. The summed E-state index contributed by atoms with van der Waals surface area (Å²) in [5, 5.41) is 1.91. The molecule has 0 saturated carbocycles. The Bertz CT molecular complexity index is 1240. The molecular formula is C26H24O8. The van der Waals surface area contributed by atoms with Crippen molar-refractivity contribution in [1.29, 1.82) is 0 Å². The van der Waals surface area contributed by atoms with Crippen LogP contribution in [0, 0.1) is 0 Å². The third-order valence-corrected chi connectivity index (χ3v) is 5.75. The highest BCUT2D eigenvalue weighted by Gasteiger charge is 2.37. The van der Waals surface area contributed by atoms with Crippen LogP contribution in [0.25, 0.3) is 21.9 Å². The smallest absolute Gasteiger partial charge is 0.303 e. The summed E-state index contributed by atoms with van der Waals surface area (Å²) in [5.74, 6) is 1.17. The van der Waals surface area contributed by atoms with Gasteiger partial charge in [-0.15, -0.1) is 0 Å². The summed E-state index contributed by atoms with van der Waals surface area (Å²) in [6, 6.07) is 17.7. The number of fused-ring (bicyclic) bond motifs is 2. The predicted octanol–water partition coefficient (Wildman–Crippen LogP) is 4.22. The molecule has 3 atom stereocenters. The summed E-state index contributed by atoms with van der Waals surface area (Å²) < 4.78 is 33.6. The van der Waals surface area contributed by atoms with Crippen molar-refractivity contribution in [3.8, 4) is 28.4 Å². The average Bonchev–Trinajstić information content (AvgIpc) is 3.28. The molecule has 2 aliphatic heterocycles. The predicted molar refractivity (Wildman–Crippen MR) is 122 cm³/mol. The first-order valence-electron chi connectivity index (χ1n) is 11.0. The second kappa shape index (κ2) is 9.23. The third kappa shape index (κ3) is 4.49. The Labute approximate surface area is 196 Å². The maximum atomic E-state index is 11.6. The molecule has 5 rings (SSSR count). The van der Waals surface area contributed by atoms with Crippen molar-refractivity contribution in [2.45, 2.75) is 38.8 Å². The van der Waals surface area contributed by atoms with Crippen LogP contribution in [0.2, 0.25) is 0 Å². The maximum Gasteiger partial charge on any atom is 0.303 e. The lowest BCUT2D eigenvalue weighted by Gasteiger charge is -2.34. The number of benzene rings is 3. The number of esters is 2. The highest BCUT2D eigenvalue weighted by atomic mass is 16.7. The summed E-state index contributed by atoms with van der Waals surface area (Å²) in [6.45, 7) is 2.91. The van der Waals surface area contributed by atoms with Gasteiger partial charge in [0.1, 0.15) is 11.9 Å². The lowest BCUT2D eigenvalue weighted by Crippen LogP contribution is -2.47. The van der Waals surface area contributed by atoms with Crippen molar-refractivity contribution >= 4 is 22.7 Å². The van der Waals surface area contributed by atoms with Crippen LogP contribution in [-0.4, -0.2) is 43.8 Å². The Morgan fingerprint density at radius 3 is 2.38 bits per heavy atom. The van der Waals surface area contributed by atoms with E-state index in [0.717, 1.165) is 33.4 Å². The van der Waals surface area contributed by atoms with Gasteiger partial charge in [-0.3, -0.25) is 9.59 Å². The number of rotatable bonds is 5. The molecule has 2 aliphatic rings. The van der Waals surface area contributed by atoms with E-state index < -0.39 is 30.4 Å². The van der Waals surface area contributed by atoms with E-state index >= 15 is 0 Å². The number of carbonyl (C=O) groups is 2. The molecular weight excluding hydrogens is 440 g/mol. The van der Waals surface area contributed by atoms with E-state index in [-0.39, 0.29) is 19.8 Å². The zero-order valence-corrected chi connectivity index (χ0v) is 18.8. The highest BCUT2D eigenvalue weighted by molar-refractivity contribution is 6.00. The second-order valence-electron chi connectivity index (χ2n) is 8.14. The minimum Gasteiger partial charge on any atom is -0.464 e. The first kappa shape index (κ1) is 22.0. The molecule has 1 fully saturated rings. The van der Waals surface area contributed by atoms with E-state index in [0.29, 0.717) is 5.75 Å². The van der Waals surface area contributed by atoms with Gasteiger partial charge in [0.2, 0.25) is 13.1 Å². The van der Waals surface area contributed by atoms with Crippen LogP contribution >= 0.6 is 0 Å². The van der Waals surface area contributed by atoms with E-state index in [1.165, 1.54) is 13.8 Å². The summed E-state index contributed by atoms with van der Waals surface area (Å²) in [4.78, 5) is 23.0. The van der Waals surface area contributed by atoms with E-state index in [4.69, 9.17) is 28.4 Å². The van der Waals surface area contributed by atoms with Crippen LogP contribution in [0.15, 0.2) is 54.6 Å². The van der Waals surface area contributed by atoms with Crippen LogP contribution in [0.5, 0.6) is 17.2 Å². The quantitative estimate of drug-likeness (QED) is 0.519. The van der Waals surface area contributed by atoms with Crippen molar-refractivity contribution in [3.05, 3.63) is 54.6 Å². The molecule has 176 valence electrons.